The molecule has 0 aromatic carbocycles. The van der Waals surface area contributed by atoms with E-state index >= 15 is 0 Å². The van der Waals surface area contributed by atoms with E-state index in [1.165, 1.54) is 6.42 Å². The minimum absolute atomic E-state index is 0. The van der Waals surface area contributed by atoms with Gasteiger partial charge in [-0.25, -0.2) is 0 Å². The van der Waals surface area contributed by atoms with Gasteiger partial charge in [-0.2, -0.15) is 12.6 Å². The van der Waals surface area contributed by atoms with Crippen molar-refractivity contribution in [3.8, 4) is 0 Å². The van der Waals surface area contributed by atoms with Crippen molar-refractivity contribution >= 4 is 36.6 Å². The second kappa shape index (κ2) is 8.04. The minimum Gasteiger partial charge on any atom is -0.309 e. The molecule has 0 aliphatic heterocycles. The number of nitrogens with zero attached hydrogens (tertiary/aromatic N) is 1. The van der Waals surface area contributed by atoms with Crippen molar-refractivity contribution in [2.24, 2.45) is 0 Å². The van der Waals surface area contributed by atoms with Crippen molar-refractivity contribution in [3.63, 3.8) is 0 Å². The Morgan fingerprint density at radius 1 is 1.38 bits per heavy atom. The molecule has 8 heavy (non-hydrogen) atoms. The fraction of sp³-hybridized carbons (Fsp3) is 1.00. The molecule has 0 aromatic rings. The molecule has 1 nitrogen and oxygen atoms in total. The van der Waals surface area contributed by atoms with E-state index in [-0.39, 0.29) is 24.0 Å². The molecule has 0 bridgehead atoms. The maximum atomic E-state index is 4.07. The van der Waals surface area contributed by atoms with Crippen LogP contribution in [0.5, 0.6) is 0 Å². The standard InChI is InChI=1S/C5H13NS.HI/c1-6(2)4-3-5-7;/h7H,3-5H2,1-2H3;1H. The number of hydrogen-bond donors (Lipinski definition) is 1. The summed E-state index contributed by atoms with van der Waals surface area (Å²) in [4.78, 5) is 2.16. The molecular weight excluding hydrogens is 233 g/mol. The normalized spacial score (nSPS) is 9.00. The summed E-state index contributed by atoms with van der Waals surface area (Å²) in [5.74, 6) is 0.998. The molecule has 0 aromatic heterocycles. The molecular formula is C5H14INS. The highest BCUT2D eigenvalue weighted by Gasteiger charge is 1.84. The molecule has 0 spiro atoms. The lowest BCUT2D eigenvalue weighted by Crippen LogP contribution is -2.12. The molecule has 0 atom stereocenters. The zero-order chi connectivity index (χ0) is 5.70. The SMILES string of the molecule is CN(C)CCCS.I. The van der Waals surface area contributed by atoms with Gasteiger partial charge >= 0.3 is 0 Å². The smallest absolute Gasteiger partial charge is 0.00171 e. The molecule has 0 N–H and O–H groups in total. The lowest BCUT2D eigenvalue weighted by molar-refractivity contribution is 0.410. The molecule has 0 unspecified atom stereocenters. The van der Waals surface area contributed by atoms with Crippen LogP contribution in [0, 0.1) is 0 Å². The number of thiol groups is 1. The third-order valence-corrected chi connectivity index (χ3v) is 1.08. The van der Waals surface area contributed by atoms with Crippen LogP contribution in [0.1, 0.15) is 6.42 Å². The van der Waals surface area contributed by atoms with E-state index in [9.17, 15) is 0 Å². The van der Waals surface area contributed by atoms with E-state index < -0.39 is 0 Å². The van der Waals surface area contributed by atoms with Gasteiger partial charge in [-0.3, -0.25) is 0 Å². The summed E-state index contributed by atoms with van der Waals surface area (Å²) in [6, 6.07) is 0. The van der Waals surface area contributed by atoms with Crippen LogP contribution < -0.4 is 0 Å². The largest absolute Gasteiger partial charge is 0.309 e. The molecule has 0 aliphatic rings. The second-order valence-electron chi connectivity index (χ2n) is 1.88. The van der Waals surface area contributed by atoms with Crippen LogP contribution in [0.4, 0.5) is 0 Å². The van der Waals surface area contributed by atoms with Gasteiger partial charge in [0, 0.05) is 0 Å². The molecule has 0 amide bonds. The van der Waals surface area contributed by atoms with Crippen LogP contribution in [-0.2, 0) is 0 Å². The predicted octanol–water partition coefficient (Wildman–Crippen LogP) is 1.49. The zero-order valence-electron chi connectivity index (χ0n) is 5.42. The Balaban J connectivity index is 0. The van der Waals surface area contributed by atoms with Gasteiger partial charge in [-0.15, -0.1) is 24.0 Å². The molecule has 0 rings (SSSR count). The van der Waals surface area contributed by atoms with Crippen LogP contribution in [0.3, 0.4) is 0 Å². The third-order valence-electron chi connectivity index (χ3n) is 0.763. The molecule has 0 radical (unpaired) electrons. The number of rotatable bonds is 3. The molecule has 52 valence electrons. The average Bonchev–Trinajstić information content (AvgIpc) is 1.61. The van der Waals surface area contributed by atoms with Crippen LogP contribution in [-0.4, -0.2) is 31.3 Å². The Morgan fingerprint density at radius 2 is 1.88 bits per heavy atom. The monoisotopic (exact) mass is 247 g/mol. The first kappa shape index (κ1) is 11.8. The van der Waals surface area contributed by atoms with Crippen LogP contribution >= 0.6 is 36.6 Å². The molecule has 0 fully saturated rings. The van der Waals surface area contributed by atoms with Gasteiger partial charge in [0.25, 0.3) is 0 Å². The van der Waals surface area contributed by atoms with Gasteiger partial charge < -0.3 is 4.90 Å². The highest BCUT2D eigenvalue weighted by Crippen LogP contribution is 1.84. The maximum absolute atomic E-state index is 4.07. The van der Waals surface area contributed by atoms with Crippen molar-refractivity contribution in [3.05, 3.63) is 0 Å². The van der Waals surface area contributed by atoms with E-state index in [4.69, 9.17) is 0 Å². The molecule has 0 heterocycles. The first-order valence-electron chi connectivity index (χ1n) is 2.53. The zero-order valence-corrected chi connectivity index (χ0v) is 8.65. The highest BCUT2D eigenvalue weighted by molar-refractivity contribution is 14.0. The van der Waals surface area contributed by atoms with E-state index in [0.717, 1.165) is 12.3 Å². The highest BCUT2D eigenvalue weighted by atomic mass is 127. The maximum Gasteiger partial charge on any atom is -0.00171 e. The Hall–Kier alpha value is 1.04. The van der Waals surface area contributed by atoms with Crippen molar-refractivity contribution in [1.82, 2.24) is 4.90 Å². The Labute approximate surface area is 74.3 Å². The fourth-order valence-corrected chi connectivity index (χ4v) is 0.528. The van der Waals surface area contributed by atoms with E-state index in [1.54, 1.807) is 0 Å². The van der Waals surface area contributed by atoms with E-state index in [1.807, 2.05) is 0 Å². The van der Waals surface area contributed by atoms with E-state index in [2.05, 4.69) is 31.6 Å². The molecule has 0 saturated heterocycles. The first-order chi connectivity index (χ1) is 3.27. The summed E-state index contributed by atoms with van der Waals surface area (Å²) in [7, 11) is 4.15. The molecule has 0 aliphatic carbocycles. The summed E-state index contributed by atoms with van der Waals surface area (Å²) >= 11 is 4.07. The summed E-state index contributed by atoms with van der Waals surface area (Å²) in [6.07, 6.45) is 1.19. The minimum atomic E-state index is 0. The lowest BCUT2D eigenvalue weighted by Gasteiger charge is -2.05. The quantitative estimate of drug-likeness (QED) is 0.584. The topological polar surface area (TPSA) is 3.24 Å². The Kier molecular flexibility index (Phi) is 11.8. The van der Waals surface area contributed by atoms with Crippen LogP contribution in [0.15, 0.2) is 0 Å². The van der Waals surface area contributed by atoms with Gasteiger partial charge in [0.15, 0.2) is 0 Å². The van der Waals surface area contributed by atoms with Crippen molar-refractivity contribution in [2.45, 2.75) is 6.42 Å². The van der Waals surface area contributed by atoms with Crippen molar-refractivity contribution in [2.75, 3.05) is 26.4 Å². The van der Waals surface area contributed by atoms with Gasteiger partial charge in [-0.1, -0.05) is 0 Å². The fourth-order valence-electron chi connectivity index (χ4n) is 0.387. The number of hydrogen-bond acceptors (Lipinski definition) is 2. The van der Waals surface area contributed by atoms with Crippen molar-refractivity contribution < 1.29 is 0 Å². The summed E-state index contributed by atoms with van der Waals surface area (Å²) in [5, 5.41) is 0. The second-order valence-corrected chi connectivity index (χ2v) is 2.33. The van der Waals surface area contributed by atoms with E-state index in [0.29, 0.717) is 0 Å². The summed E-state index contributed by atoms with van der Waals surface area (Å²) < 4.78 is 0. The Bertz CT molecular complexity index is 41.4. The average molecular weight is 247 g/mol. The predicted molar refractivity (Wildman–Crippen MR) is 52.4 cm³/mol. The van der Waals surface area contributed by atoms with Crippen LogP contribution in [0.25, 0.3) is 0 Å². The molecule has 0 saturated carbocycles. The van der Waals surface area contributed by atoms with Gasteiger partial charge in [0.05, 0.1) is 0 Å². The Morgan fingerprint density at radius 3 is 2.00 bits per heavy atom. The number of halogens is 1. The molecule has 3 heteroatoms. The van der Waals surface area contributed by atoms with Gasteiger partial charge in [0.2, 0.25) is 0 Å². The van der Waals surface area contributed by atoms with Crippen LogP contribution in [0.2, 0.25) is 0 Å². The first-order valence-corrected chi connectivity index (χ1v) is 3.16. The summed E-state index contributed by atoms with van der Waals surface area (Å²) in [6.45, 7) is 1.16. The summed E-state index contributed by atoms with van der Waals surface area (Å²) in [5.41, 5.74) is 0. The third kappa shape index (κ3) is 10.1. The van der Waals surface area contributed by atoms with Gasteiger partial charge in [0.1, 0.15) is 0 Å². The lowest BCUT2D eigenvalue weighted by atomic mass is 10.5. The van der Waals surface area contributed by atoms with Gasteiger partial charge in [-0.05, 0) is 32.8 Å². The van der Waals surface area contributed by atoms with Crippen molar-refractivity contribution in [1.29, 1.82) is 0 Å².